The molecule has 0 saturated carbocycles. The summed E-state index contributed by atoms with van der Waals surface area (Å²) < 4.78 is 2.09. The van der Waals surface area contributed by atoms with Crippen LogP contribution in [0, 0.1) is 5.92 Å². The number of imidazole rings is 1. The predicted molar refractivity (Wildman–Crippen MR) is 129 cm³/mol. The lowest BCUT2D eigenvalue weighted by molar-refractivity contribution is 0.221. The van der Waals surface area contributed by atoms with Gasteiger partial charge in [0.2, 0.25) is 0 Å². The van der Waals surface area contributed by atoms with Crippen LogP contribution in [0.5, 0.6) is 0 Å². The summed E-state index contributed by atoms with van der Waals surface area (Å²) in [5.41, 5.74) is 5.47. The van der Waals surface area contributed by atoms with Crippen molar-refractivity contribution in [2.45, 2.75) is 16.3 Å². The molecule has 1 aliphatic carbocycles. The third-order valence-corrected chi connectivity index (χ3v) is 6.36. The molecule has 4 rings (SSSR count). The lowest BCUT2D eigenvalue weighted by Gasteiger charge is -2.14. The van der Waals surface area contributed by atoms with Gasteiger partial charge in [-0.25, -0.2) is 15.0 Å². The van der Waals surface area contributed by atoms with Crippen molar-refractivity contribution in [1.82, 2.24) is 25.0 Å². The van der Waals surface area contributed by atoms with Crippen LogP contribution >= 0.6 is 23.4 Å². The Bertz CT molecular complexity index is 1140. The first-order valence-corrected chi connectivity index (χ1v) is 11.3. The third-order valence-electron chi connectivity index (χ3n) is 4.94. The molecule has 1 atom stereocenters. The largest absolute Gasteiger partial charge is 0.397 e. The first-order valence-electron chi connectivity index (χ1n) is 10.1. The van der Waals surface area contributed by atoms with Gasteiger partial charge >= 0.3 is 0 Å². The van der Waals surface area contributed by atoms with Gasteiger partial charge in [-0.05, 0) is 36.3 Å². The number of hydroxylamine groups is 1. The number of hydrogen-bond donors (Lipinski definition) is 1. The summed E-state index contributed by atoms with van der Waals surface area (Å²) in [5, 5.41) is 1.76. The maximum atomic E-state index is 6.07. The molecule has 1 unspecified atom stereocenters. The summed E-state index contributed by atoms with van der Waals surface area (Å²) in [6.07, 6.45) is 13.9. The molecule has 7 nitrogen and oxygen atoms in total. The number of nitrogens with zero attached hydrogens (tertiary/aromatic N) is 5. The number of benzene rings is 1. The quantitative estimate of drug-likeness (QED) is 0.291. The molecular formula is C23H23ClN6OS. The third kappa shape index (κ3) is 5.27. The molecule has 32 heavy (non-hydrogen) atoms. The SMILES string of the molecule is CNOC=NCC1C=CC(c2nc(-c3cncnc3)n(C)c2Sc2ccc(Cl)cc2)=CC1. The minimum Gasteiger partial charge on any atom is -0.397 e. The van der Waals surface area contributed by atoms with Gasteiger partial charge in [0.05, 0.1) is 5.56 Å². The van der Waals surface area contributed by atoms with Gasteiger partial charge in [0.15, 0.2) is 6.40 Å². The van der Waals surface area contributed by atoms with Crippen molar-refractivity contribution in [2.24, 2.45) is 18.0 Å². The first-order chi connectivity index (χ1) is 15.7. The van der Waals surface area contributed by atoms with Gasteiger partial charge in [-0.2, -0.15) is 5.48 Å². The van der Waals surface area contributed by atoms with Crippen molar-refractivity contribution < 1.29 is 4.84 Å². The van der Waals surface area contributed by atoms with E-state index in [1.54, 1.807) is 31.2 Å². The van der Waals surface area contributed by atoms with Gasteiger partial charge in [0.1, 0.15) is 22.9 Å². The molecule has 3 aromatic rings. The Kier molecular flexibility index (Phi) is 7.36. The van der Waals surface area contributed by atoms with E-state index in [-0.39, 0.29) is 0 Å². The Morgan fingerprint density at radius 1 is 1.28 bits per heavy atom. The highest BCUT2D eigenvalue weighted by Gasteiger charge is 2.21. The number of allylic oxidation sites excluding steroid dienone is 3. The molecule has 1 aromatic carbocycles. The minimum atomic E-state index is 0.327. The molecule has 0 fully saturated rings. The first kappa shape index (κ1) is 22.3. The van der Waals surface area contributed by atoms with Crippen LogP contribution in [-0.2, 0) is 11.9 Å². The van der Waals surface area contributed by atoms with Gasteiger partial charge in [0.25, 0.3) is 0 Å². The van der Waals surface area contributed by atoms with E-state index in [1.165, 1.54) is 12.7 Å². The molecule has 0 spiro atoms. The summed E-state index contributed by atoms with van der Waals surface area (Å²) in [7, 11) is 3.72. The second-order valence-corrected chi connectivity index (χ2v) is 8.64. The van der Waals surface area contributed by atoms with Gasteiger partial charge in [0, 0.05) is 48.9 Å². The molecule has 1 N–H and O–H groups in total. The Balaban J connectivity index is 1.64. The van der Waals surface area contributed by atoms with Crippen LogP contribution in [0.1, 0.15) is 12.1 Å². The van der Waals surface area contributed by atoms with Crippen LogP contribution in [0.2, 0.25) is 5.02 Å². The molecule has 164 valence electrons. The van der Waals surface area contributed by atoms with E-state index in [9.17, 15) is 0 Å². The van der Waals surface area contributed by atoms with Gasteiger partial charge in [-0.1, -0.05) is 41.6 Å². The number of halogens is 1. The van der Waals surface area contributed by atoms with Crippen LogP contribution in [-0.4, -0.2) is 39.5 Å². The lowest BCUT2D eigenvalue weighted by Crippen LogP contribution is -2.08. The summed E-state index contributed by atoms with van der Waals surface area (Å²) in [4.78, 5) is 23.6. The molecule has 1 aliphatic rings. The number of nitrogens with one attached hydrogen (secondary N) is 1. The van der Waals surface area contributed by atoms with E-state index in [0.29, 0.717) is 17.5 Å². The highest BCUT2D eigenvalue weighted by molar-refractivity contribution is 7.99. The smallest absolute Gasteiger partial charge is 0.196 e. The summed E-state index contributed by atoms with van der Waals surface area (Å²) >= 11 is 7.73. The fourth-order valence-electron chi connectivity index (χ4n) is 3.32. The average Bonchev–Trinajstić information content (AvgIpc) is 3.15. The van der Waals surface area contributed by atoms with E-state index in [1.807, 2.05) is 31.3 Å². The van der Waals surface area contributed by atoms with Crippen molar-refractivity contribution in [2.75, 3.05) is 13.6 Å². The van der Waals surface area contributed by atoms with Crippen LogP contribution in [0.4, 0.5) is 0 Å². The van der Waals surface area contributed by atoms with Gasteiger partial charge in [-0.3, -0.25) is 4.99 Å². The summed E-state index contributed by atoms with van der Waals surface area (Å²) in [6.45, 7) is 0.670. The standard InChI is InChI=1S/C23H23ClN6OS/c1-25-31-15-28-11-16-3-5-17(6-4-16)21-23(32-20-9-7-19(24)8-10-20)30(2)22(29-21)18-12-26-14-27-13-18/h3,5-10,12-16,25H,4,11H2,1-2H3. The van der Waals surface area contributed by atoms with Crippen molar-refractivity contribution in [1.29, 1.82) is 0 Å². The fraction of sp³-hybridized carbons (Fsp3) is 0.217. The number of aromatic nitrogens is 4. The Morgan fingerprint density at radius 2 is 2.06 bits per heavy atom. The zero-order chi connectivity index (χ0) is 22.3. The molecule has 0 aliphatic heterocycles. The molecule has 9 heteroatoms. The Hall–Kier alpha value is -2.94. The molecule has 0 amide bonds. The van der Waals surface area contributed by atoms with Crippen LogP contribution in [0.3, 0.4) is 0 Å². The number of aliphatic imine (C=N–C) groups is 1. The van der Waals surface area contributed by atoms with Crippen molar-refractivity contribution in [3.63, 3.8) is 0 Å². The number of hydrogen-bond acceptors (Lipinski definition) is 7. The molecule has 2 heterocycles. The van der Waals surface area contributed by atoms with Crippen molar-refractivity contribution in [3.8, 4) is 11.4 Å². The topological polar surface area (TPSA) is 77.2 Å². The summed E-state index contributed by atoms with van der Waals surface area (Å²) in [5.74, 6) is 1.15. The van der Waals surface area contributed by atoms with Crippen molar-refractivity contribution >= 4 is 35.3 Å². The zero-order valence-electron chi connectivity index (χ0n) is 17.8. The van der Waals surface area contributed by atoms with E-state index in [0.717, 1.165) is 39.0 Å². The zero-order valence-corrected chi connectivity index (χ0v) is 19.3. The van der Waals surface area contributed by atoms with E-state index in [4.69, 9.17) is 21.4 Å². The van der Waals surface area contributed by atoms with E-state index < -0.39 is 0 Å². The molecule has 2 aromatic heterocycles. The minimum absolute atomic E-state index is 0.327. The molecule has 0 saturated heterocycles. The second-order valence-electron chi connectivity index (χ2n) is 7.14. The lowest BCUT2D eigenvalue weighted by atomic mass is 9.95. The number of rotatable bonds is 8. The highest BCUT2D eigenvalue weighted by Crippen LogP contribution is 2.38. The second kappa shape index (κ2) is 10.6. The molecular weight excluding hydrogens is 444 g/mol. The normalized spacial score (nSPS) is 15.8. The van der Waals surface area contributed by atoms with Crippen LogP contribution in [0.25, 0.3) is 17.0 Å². The van der Waals surface area contributed by atoms with Crippen molar-refractivity contribution in [3.05, 3.63) is 71.9 Å². The predicted octanol–water partition coefficient (Wildman–Crippen LogP) is 4.82. The maximum Gasteiger partial charge on any atom is 0.196 e. The van der Waals surface area contributed by atoms with E-state index in [2.05, 4.69) is 43.2 Å². The van der Waals surface area contributed by atoms with Gasteiger partial charge < -0.3 is 9.40 Å². The summed E-state index contributed by atoms with van der Waals surface area (Å²) in [6, 6.07) is 7.83. The van der Waals surface area contributed by atoms with Crippen LogP contribution in [0.15, 0.2) is 76.1 Å². The average molecular weight is 467 g/mol. The fourth-order valence-corrected chi connectivity index (χ4v) is 4.42. The van der Waals surface area contributed by atoms with E-state index >= 15 is 0 Å². The maximum absolute atomic E-state index is 6.07. The Labute approximate surface area is 196 Å². The molecule has 0 bridgehead atoms. The highest BCUT2D eigenvalue weighted by atomic mass is 35.5. The van der Waals surface area contributed by atoms with Crippen LogP contribution < -0.4 is 5.48 Å². The van der Waals surface area contributed by atoms with Gasteiger partial charge in [-0.15, -0.1) is 0 Å². The Morgan fingerprint density at radius 3 is 2.75 bits per heavy atom. The monoisotopic (exact) mass is 466 g/mol. The molecule has 0 radical (unpaired) electrons.